The highest BCUT2D eigenvalue weighted by Crippen LogP contribution is 2.38. The van der Waals surface area contributed by atoms with Gasteiger partial charge in [0.2, 0.25) is 0 Å². The number of hydrogen-bond donors (Lipinski definition) is 0. The molecular formula is C28H44N2O5. The van der Waals surface area contributed by atoms with E-state index >= 15 is 0 Å². The number of benzene rings is 1. The quantitative estimate of drug-likeness (QED) is 0.345. The molecule has 0 unspecified atom stereocenters. The topological polar surface area (TPSA) is 70.0 Å². The lowest BCUT2D eigenvalue weighted by molar-refractivity contribution is 0.0585. The van der Waals surface area contributed by atoms with E-state index in [0.29, 0.717) is 47.8 Å². The molecule has 196 valence electrons. The molecule has 0 bridgehead atoms. The lowest BCUT2D eigenvalue weighted by Crippen LogP contribution is -2.39. The molecule has 0 aliphatic carbocycles. The summed E-state index contributed by atoms with van der Waals surface area (Å²) in [6.07, 6.45) is 3.23. The fourth-order valence-electron chi connectivity index (χ4n) is 3.64. The Kier molecular flexibility index (Phi) is 9.64. The number of rotatable bonds is 10. The number of nitrogens with zero attached hydrogens (tertiary/aromatic N) is 2. The molecule has 0 saturated heterocycles. The van der Waals surface area contributed by atoms with E-state index in [9.17, 15) is 9.59 Å². The van der Waals surface area contributed by atoms with E-state index in [1.165, 1.54) is 4.90 Å². The van der Waals surface area contributed by atoms with E-state index < -0.39 is 11.7 Å². The minimum absolute atomic E-state index is 0.178. The zero-order chi connectivity index (χ0) is 26.4. The van der Waals surface area contributed by atoms with Gasteiger partial charge in [0.25, 0.3) is 5.56 Å². The molecule has 0 radical (unpaired) electrons. The molecule has 0 atom stereocenters. The first kappa shape index (κ1) is 28.5. The number of ether oxygens (including phenoxy) is 3. The van der Waals surface area contributed by atoms with E-state index in [0.717, 1.165) is 25.7 Å². The summed E-state index contributed by atoms with van der Waals surface area (Å²) in [5.74, 6) is 1.56. The largest absolute Gasteiger partial charge is 0.494 e. The smallest absolute Gasteiger partial charge is 0.415 e. The van der Waals surface area contributed by atoms with Crippen molar-refractivity contribution in [2.24, 2.45) is 5.41 Å². The van der Waals surface area contributed by atoms with Gasteiger partial charge in [-0.2, -0.15) is 0 Å². The Morgan fingerprint density at radius 2 is 1.54 bits per heavy atom. The van der Waals surface area contributed by atoms with Crippen LogP contribution in [-0.4, -0.2) is 36.5 Å². The summed E-state index contributed by atoms with van der Waals surface area (Å²) in [4.78, 5) is 28.3. The van der Waals surface area contributed by atoms with E-state index in [2.05, 4.69) is 34.6 Å². The minimum Gasteiger partial charge on any atom is -0.494 e. The molecular weight excluding hydrogens is 444 g/mol. The molecule has 1 aromatic carbocycles. The first-order valence-electron chi connectivity index (χ1n) is 12.7. The van der Waals surface area contributed by atoms with Gasteiger partial charge in [0.1, 0.15) is 11.4 Å². The van der Waals surface area contributed by atoms with Crippen LogP contribution in [-0.2, 0) is 11.3 Å². The van der Waals surface area contributed by atoms with Gasteiger partial charge in [-0.15, -0.1) is 0 Å². The summed E-state index contributed by atoms with van der Waals surface area (Å²) in [5.41, 5.74) is -1.07. The monoisotopic (exact) mass is 488 g/mol. The molecule has 1 heterocycles. The predicted molar refractivity (Wildman–Crippen MR) is 143 cm³/mol. The number of fused-ring (bicyclic) bond motifs is 1. The first-order chi connectivity index (χ1) is 16.3. The molecule has 0 spiro atoms. The molecule has 35 heavy (non-hydrogen) atoms. The summed E-state index contributed by atoms with van der Waals surface area (Å²) in [5, 5.41) is 1.17. The van der Waals surface area contributed by atoms with Crippen molar-refractivity contribution in [2.45, 2.75) is 93.2 Å². The van der Waals surface area contributed by atoms with Crippen molar-refractivity contribution in [3.05, 3.63) is 28.6 Å². The maximum absolute atomic E-state index is 13.8. The molecule has 0 fully saturated rings. The highest BCUT2D eigenvalue weighted by Gasteiger charge is 2.29. The second kappa shape index (κ2) is 11.8. The molecule has 2 rings (SSSR count). The molecule has 7 heteroatoms. The Labute approximate surface area is 210 Å². The third-order valence-corrected chi connectivity index (χ3v) is 5.30. The summed E-state index contributed by atoms with van der Waals surface area (Å²) in [6.45, 7) is 17.3. The zero-order valence-electron chi connectivity index (χ0n) is 23.1. The Morgan fingerprint density at radius 3 is 2.09 bits per heavy atom. The number of carbonyl (C=O) groups excluding carboxylic acids is 1. The number of unbranched alkanes of at least 4 members (excludes halogenated alkanes) is 2. The average molecular weight is 489 g/mol. The first-order valence-corrected chi connectivity index (χ1v) is 12.7. The van der Waals surface area contributed by atoms with Gasteiger partial charge in [0.05, 0.1) is 18.6 Å². The van der Waals surface area contributed by atoms with Crippen molar-refractivity contribution >= 4 is 22.7 Å². The summed E-state index contributed by atoms with van der Waals surface area (Å²) in [6, 6.07) is 5.47. The fourth-order valence-corrected chi connectivity index (χ4v) is 3.64. The van der Waals surface area contributed by atoms with Crippen LogP contribution in [0.15, 0.2) is 23.0 Å². The maximum atomic E-state index is 13.8. The second-order valence-corrected chi connectivity index (χ2v) is 11.3. The normalized spacial score (nSPS) is 12.0. The molecule has 0 aliphatic heterocycles. The lowest BCUT2D eigenvalue weighted by Gasteiger charge is -2.30. The van der Waals surface area contributed by atoms with Crippen molar-refractivity contribution < 1.29 is 19.0 Å². The van der Waals surface area contributed by atoms with Crippen molar-refractivity contribution in [3.63, 3.8) is 0 Å². The summed E-state index contributed by atoms with van der Waals surface area (Å²) in [7, 11) is 1.63. The predicted octanol–water partition coefficient (Wildman–Crippen LogP) is 6.78. The number of hydrogen-bond acceptors (Lipinski definition) is 5. The molecule has 2 aromatic rings. The van der Waals surface area contributed by atoms with Crippen LogP contribution in [0, 0.1) is 5.41 Å². The Balaban J connectivity index is 2.82. The molecule has 0 saturated carbocycles. The van der Waals surface area contributed by atoms with Crippen LogP contribution in [0.4, 0.5) is 10.6 Å². The van der Waals surface area contributed by atoms with Crippen molar-refractivity contribution in [2.75, 3.05) is 25.2 Å². The van der Waals surface area contributed by atoms with Crippen LogP contribution in [0.3, 0.4) is 0 Å². The van der Waals surface area contributed by atoms with E-state index in [1.807, 2.05) is 32.9 Å². The molecule has 1 amide bonds. The van der Waals surface area contributed by atoms with E-state index in [1.54, 1.807) is 17.7 Å². The standard InChI is InChI=1S/C28H44N2O5/c1-10-12-16-33-20-14-15-21-22(18-20)23(34-17-13-11-2)24(29(9)26(32)35-28(6,7)8)30(25(21)31)19-27(3,4)5/h14-15,18H,10-13,16-17,19H2,1-9H3. The molecule has 0 N–H and O–H groups in total. The van der Waals surface area contributed by atoms with E-state index in [4.69, 9.17) is 14.2 Å². The van der Waals surface area contributed by atoms with Gasteiger partial charge in [0, 0.05) is 19.0 Å². The summed E-state index contributed by atoms with van der Waals surface area (Å²) >= 11 is 0. The number of amides is 1. The number of aromatic nitrogens is 1. The van der Waals surface area contributed by atoms with Gasteiger partial charge in [-0.1, -0.05) is 47.5 Å². The maximum Gasteiger partial charge on any atom is 0.415 e. The van der Waals surface area contributed by atoms with Crippen LogP contribution in [0.1, 0.15) is 81.1 Å². The third kappa shape index (κ3) is 7.91. The van der Waals surface area contributed by atoms with Crippen molar-refractivity contribution in [1.82, 2.24) is 4.57 Å². The molecule has 1 aromatic heterocycles. The molecule has 0 aliphatic rings. The highest BCUT2D eigenvalue weighted by atomic mass is 16.6. The van der Waals surface area contributed by atoms with Gasteiger partial charge < -0.3 is 14.2 Å². The van der Waals surface area contributed by atoms with Gasteiger partial charge in [-0.05, 0) is 57.2 Å². The Hall–Kier alpha value is -2.70. The van der Waals surface area contributed by atoms with Crippen molar-refractivity contribution in [1.29, 1.82) is 0 Å². The number of anilines is 1. The Morgan fingerprint density at radius 1 is 0.943 bits per heavy atom. The van der Waals surface area contributed by atoms with Crippen LogP contribution in [0.5, 0.6) is 11.5 Å². The van der Waals surface area contributed by atoms with Gasteiger partial charge in [-0.3, -0.25) is 14.3 Å². The SMILES string of the molecule is CCCCOc1ccc2c(=O)n(CC(C)(C)C)c(N(C)C(=O)OC(C)(C)C)c(OCCCC)c2c1. The number of carbonyl (C=O) groups is 1. The second-order valence-electron chi connectivity index (χ2n) is 11.3. The Bertz CT molecular complexity index is 1060. The van der Waals surface area contributed by atoms with Gasteiger partial charge >= 0.3 is 6.09 Å². The molecule has 7 nitrogen and oxygen atoms in total. The third-order valence-electron chi connectivity index (χ3n) is 5.30. The van der Waals surface area contributed by atoms with Crippen LogP contribution >= 0.6 is 0 Å². The fraction of sp³-hybridized carbons (Fsp3) is 0.643. The van der Waals surface area contributed by atoms with Crippen LogP contribution in [0.25, 0.3) is 10.8 Å². The van der Waals surface area contributed by atoms with Crippen LogP contribution < -0.4 is 19.9 Å². The van der Waals surface area contributed by atoms with Crippen LogP contribution in [0.2, 0.25) is 0 Å². The lowest BCUT2D eigenvalue weighted by atomic mass is 9.96. The average Bonchev–Trinajstić information content (AvgIpc) is 2.74. The minimum atomic E-state index is -0.680. The highest BCUT2D eigenvalue weighted by molar-refractivity contribution is 5.97. The summed E-state index contributed by atoms with van der Waals surface area (Å²) < 4.78 is 19.5. The number of pyridine rings is 1. The van der Waals surface area contributed by atoms with Gasteiger partial charge in [0.15, 0.2) is 11.6 Å². The van der Waals surface area contributed by atoms with Gasteiger partial charge in [-0.25, -0.2) is 4.79 Å². The zero-order valence-corrected chi connectivity index (χ0v) is 23.1. The van der Waals surface area contributed by atoms with Crippen molar-refractivity contribution in [3.8, 4) is 11.5 Å². The van der Waals surface area contributed by atoms with E-state index in [-0.39, 0.29) is 11.0 Å².